The summed E-state index contributed by atoms with van der Waals surface area (Å²) in [6.07, 6.45) is 2.06. The minimum absolute atomic E-state index is 0.00460. The number of nitrogens with one attached hydrogen (secondary N) is 2. The van der Waals surface area contributed by atoms with Gasteiger partial charge >= 0.3 is 0 Å². The van der Waals surface area contributed by atoms with Gasteiger partial charge in [0.25, 0.3) is 0 Å². The van der Waals surface area contributed by atoms with Gasteiger partial charge in [0.05, 0.1) is 12.1 Å². The minimum atomic E-state index is -0.00460. The lowest BCUT2D eigenvalue weighted by Gasteiger charge is -2.45. The van der Waals surface area contributed by atoms with E-state index in [1.165, 1.54) is 5.56 Å². The van der Waals surface area contributed by atoms with Crippen molar-refractivity contribution in [3.63, 3.8) is 0 Å². The van der Waals surface area contributed by atoms with Crippen molar-refractivity contribution in [2.75, 3.05) is 26.2 Å². The molecule has 0 aliphatic carbocycles. The molecule has 1 aromatic rings. The Hall–Kier alpha value is -1.39. The van der Waals surface area contributed by atoms with Crippen molar-refractivity contribution in [2.45, 2.75) is 24.9 Å². The number of rotatable bonds is 2. The first-order chi connectivity index (χ1) is 9.26. The largest absolute Gasteiger partial charge is 0.348 e. The van der Waals surface area contributed by atoms with Gasteiger partial charge in [0.1, 0.15) is 0 Å². The molecular weight excluding hydrogens is 238 g/mol. The van der Waals surface area contributed by atoms with Crippen molar-refractivity contribution in [3.8, 4) is 0 Å². The van der Waals surface area contributed by atoms with Gasteiger partial charge in [0.2, 0.25) is 5.91 Å². The molecule has 1 amide bonds. The average molecular weight is 259 g/mol. The van der Waals surface area contributed by atoms with Crippen molar-refractivity contribution in [3.05, 3.63) is 35.9 Å². The molecule has 0 saturated carbocycles. The maximum absolute atomic E-state index is 12.0. The summed E-state index contributed by atoms with van der Waals surface area (Å²) in [6, 6.07) is 10.4. The van der Waals surface area contributed by atoms with E-state index in [0.29, 0.717) is 6.54 Å². The van der Waals surface area contributed by atoms with Crippen LogP contribution in [-0.2, 0) is 11.3 Å². The number of benzene rings is 1. The Labute approximate surface area is 114 Å². The second-order valence-corrected chi connectivity index (χ2v) is 5.71. The van der Waals surface area contributed by atoms with Gasteiger partial charge in [0, 0.05) is 13.1 Å². The molecule has 3 rings (SSSR count). The minimum Gasteiger partial charge on any atom is -0.348 e. The molecular formula is C15H21N3O. The molecule has 0 unspecified atom stereocenters. The Balaban J connectivity index is 1.70. The summed E-state index contributed by atoms with van der Waals surface area (Å²) in [5.74, 6) is 0.170. The summed E-state index contributed by atoms with van der Waals surface area (Å²) in [7, 11) is 0. The highest BCUT2D eigenvalue weighted by atomic mass is 16.2. The van der Waals surface area contributed by atoms with Crippen LogP contribution < -0.4 is 10.6 Å². The maximum atomic E-state index is 12.0. The van der Waals surface area contributed by atoms with Crippen molar-refractivity contribution in [1.82, 2.24) is 15.5 Å². The molecule has 102 valence electrons. The Morgan fingerprint density at radius 3 is 2.63 bits per heavy atom. The lowest BCUT2D eigenvalue weighted by atomic mass is 9.86. The topological polar surface area (TPSA) is 44.4 Å². The molecule has 4 heteroatoms. The van der Waals surface area contributed by atoms with E-state index >= 15 is 0 Å². The van der Waals surface area contributed by atoms with Crippen molar-refractivity contribution >= 4 is 5.91 Å². The molecule has 2 heterocycles. The van der Waals surface area contributed by atoms with Crippen molar-refractivity contribution in [2.24, 2.45) is 0 Å². The number of hydrogen-bond acceptors (Lipinski definition) is 3. The smallest absolute Gasteiger partial charge is 0.234 e. The molecule has 1 spiro atoms. The van der Waals surface area contributed by atoms with Gasteiger partial charge in [0.15, 0.2) is 0 Å². The molecule has 0 radical (unpaired) electrons. The van der Waals surface area contributed by atoms with E-state index in [0.717, 1.165) is 39.0 Å². The van der Waals surface area contributed by atoms with Crippen LogP contribution in [0.2, 0.25) is 0 Å². The molecule has 0 atom stereocenters. The Kier molecular flexibility index (Phi) is 3.53. The first kappa shape index (κ1) is 12.6. The van der Waals surface area contributed by atoms with Crippen molar-refractivity contribution in [1.29, 1.82) is 0 Å². The number of amides is 1. The molecule has 2 aliphatic rings. The zero-order chi connectivity index (χ0) is 13.1. The summed E-state index contributed by atoms with van der Waals surface area (Å²) in [5.41, 5.74) is 1.27. The summed E-state index contributed by atoms with van der Waals surface area (Å²) in [4.78, 5) is 14.2. The van der Waals surface area contributed by atoms with Crippen LogP contribution in [-0.4, -0.2) is 42.5 Å². The van der Waals surface area contributed by atoms with E-state index in [1.54, 1.807) is 0 Å². The van der Waals surface area contributed by atoms with Crippen LogP contribution in [0.4, 0.5) is 0 Å². The molecule has 4 nitrogen and oxygen atoms in total. The van der Waals surface area contributed by atoms with Gasteiger partial charge in [-0.15, -0.1) is 0 Å². The molecule has 0 aromatic heterocycles. The van der Waals surface area contributed by atoms with Crippen molar-refractivity contribution < 1.29 is 4.79 Å². The Morgan fingerprint density at radius 1 is 1.16 bits per heavy atom. The lowest BCUT2D eigenvalue weighted by molar-refractivity contribution is -0.129. The van der Waals surface area contributed by atoms with E-state index in [4.69, 9.17) is 0 Å². The summed E-state index contributed by atoms with van der Waals surface area (Å²) in [6.45, 7) is 4.35. The molecule has 1 aromatic carbocycles. The maximum Gasteiger partial charge on any atom is 0.234 e. The highest BCUT2D eigenvalue weighted by molar-refractivity contribution is 5.79. The fraction of sp³-hybridized carbons (Fsp3) is 0.533. The van der Waals surface area contributed by atoms with Gasteiger partial charge < -0.3 is 10.6 Å². The normalized spacial score (nSPS) is 23.3. The zero-order valence-corrected chi connectivity index (χ0v) is 11.2. The Morgan fingerprint density at radius 2 is 1.89 bits per heavy atom. The van der Waals surface area contributed by atoms with E-state index < -0.39 is 0 Å². The van der Waals surface area contributed by atoms with E-state index in [-0.39, 0.29) is 11.4 Å². The summed E-state index contributed by atoms with van der Waals surface area (Å²) < 4.78 is 0. The average Bonchev–Trinajstić information content (AvgIpc) is 2.39. The predicted octanol–water partition coefficient (Wildman–Crippen LogP) is 0.741. The number of piperidine rings is 1. The second-order valence-electron chi connectivity index (χ2n) is 5.71. The monoisotopic (exact) mass is 259 g/mol. The number of hydrogen-bond donors (Lipinski definition) is 2. The number of carbonyl (C=O) groups excluding carboxylic acids is 1. The number of nitrogens with zero attached hydrogens (tertiary/aromatic N) is 1. The highest BCUT2D eigenvalue weighted by Crippen LogP contribution is 2.23. The van der Waals surface area contributed by atoms with Crippen LogP contribution >= 0.6 is 0 Å². The van der Waals surface area contributed by atoms with Gasteiger partial charge in [-0.3, -0.25) is 9.69 Å². The summed E-state index contributed by atoms with van der Waals surface area (Å²) in [5, 5.41) is 6.59. The molecule has 2 saturated heterocycles. The fourth-order valence-electron chi connectivity index (χ4n) is 3.20. The highest BCUT2D eigenvalue weighted by Gasteiger charge is 2.39. The standard InChI is InChI=1S/C15H21N3O/c19-14-11-18(10-13-4-2-1-3-5-13)12-15(17-14)6-8-16-9-7-15/h1-5,16H,6-12H2,(H,17,19). The lowest BCUT2D eigenvalue weighted by Crippen LogP contribution is -2.65. The van der Waals surface area contributed by atoms with Crippen LogP contribution in [0.1, 0.15) is 18.4 Å². The zero-order valence-electron chi connectivity index (χ0n) is 11.2. The molecule has 19 heavy (non-hydrogen) atoms. The van der Waals surface area contributed by atoms with Gasteiger partial charge in [-0.25, -0.2) is 0 Å². The van der Waals surface area contributed by atoms with Crippen LogP contribution in [0.5, 0.6) is 0 Å². The Bertz CT molecular complexity index is 440. The second kappa shape index (κ2) is 5.31. The summed E-state index contributed by atoms with van der Waals surface area (Å²) >= 11 is 0. The first-order valence-corrected chi connectivity index (χ1v) is 7.04. The molecule has 2 aliphatic heterocycles. The third-order valence-corrected chi connectivity index (χ3v) is 4.11. The quantitative estimate of drug-likeness (QED) is 0.823. The third kappa shape index (κ3) is 2.96. The molecule has 0 bridgehead atoms. The van der Waals surface area contributed by atoms with Crippen LogP contribution in [0.25, 0.3) is 0 Å². The van der Waals surface area contributed by atoms with Crippen LogP contribution in [0, 0.1) is 0 Å². The van der Waals surface area contributed by atoms with Crippen LogP contribution in [0.3, 0.4) is 0 Å². The molecule has 2 N–H and O–H groups in total. The fourth-order valence-corrected chi connectivity index (χ4v) is 3.20. The predicted molar refractivity (Wildman–Crippen MR) is 74.7 cm³/mol. The van der Waals surface area contributed by atoms with Gasteiger partial charge in [-0.2, -0.15) is 0 Å². The van der Waals surface area contributed by atoms with E-state index in [1.807, 2.05) is 6.07 Å². The number of piperazine rings is 1. The van der Waals surface area contributed by atoms with E-state index in [9.17, 15) is 4.79 Å². The number of carbonyl (C=O) groups is 1. The van der Waals surface area contributed by atoms with Gasteiger partial charge in [-0.05, 0) is 31.5 Å². The van der Waals surface area contributed by atoms with Gasteiger partial charge in [-0.1, -0.05) is 30.3 Å². The third-order valence-electron chi connectivity index (χ3n) is 4.11. The molecule has 2 fully saturated rings. The van der Waals surface area contributed by atoms with Crippen LogP contribution in [0.15, 0.2) is 30.3 Å². The van der Waals surface area contributed by atoms with E-state index in [2.05, 4.69) is 39.8 Å². The SMILES string of the molecule is O=C1CN(Cc2ccccc2)CC2(CCNCC2)N1. The first-order valence-electron chi connectivity index (χ1n) is 7.04.